The first kappa shape index (κ1) is 12.5. The Morgan fingerprint density at radius 2 is 2.33 bits per heavy atom. The third kappa shape index (κ3) is 2.19. The van der Waals surface area contributed by atoms with Gasteiger partial charge in [0.1, 0.15) is 6.04 Å². The Morgan fingerprint density at radius 3 is 3.06 bits per heavy atom. The van der Waals surface area contributed by atoms with Gasteiger partial charge in [0.2, 0.25) is 5.91 Å². The maximum atomic E-state index is 12.0. The third-order valence-corrected chi connectivity index (χ3v) is 3.46. The maximum absolute atomic E-state index is 12.0. The molecule has 1 amide bonds. The van der Waals surface area contributed by atoms with Gasteiger partial charge in [-0.05, 0) is 18.6 Å². The first-order valence-corrected chi connectivity index (χ1v) is 6.22. The molecule has 3 heteroatoms. The molecule has 1 aromatic carbocycles. The zero-order chi connectivity index (χ0) is 13.1. The number of amides is 1. The summed E-state index contributed by atoms with van der Waals surface area (Å²) in [5.41, 5.74) is 2.47. The lowest BCUT2D eigenvalue weighted by Gasteiger charge is -2.26. The molecular formula is C15H18N2O. The summed E-state index contributed by atoms with van der Waals surface area (Å²) in [6.45, 7) is 5.27. The standard InChI is InChI=1S/C15H18N2O/c1-4-9-16-15(18)12(3)17-10-11(2)13-7-5-6-8-14(13)17/h1,5-8,11-12H,9-10H2,2-3H3,(H,16,18). The van der Waals surface area contributed by atoms with Crippen molar-refractivity contribution in [1.82, 2.24) is 5.32 Å². The van der Waals surface area contributed by atoms with E-state index in [9.17, 15) is 4.79 Å². The van der Waals surface area contributed by atoms with Crippen molar-refractivity contribution >= 4 is 11.6 Å². The highest BCUT2D eigenvalue weighted by molar-refractivity contribution is 5.86. The van der Waals surface area contributed by atoms with Crippen LogP contribution in [0.1, 0.15) is 25.3 Å². The number of para-hydroxylation sites is 1. The van der Waals surface area contributed by atoms with Gasteiger partial charge < -0.3 is 10.2 Å². The summed E-state index contributed by atoms with van der Waals surface area (Å²) >= 11 is 0. The minimum absolute atomic E-state index is 0.0168. The van der Waals surface area contributed by atoms with Gasteiger partial charge in [-0.25, -0.2) is 0 Å². The minimum Gasteiger partial charge on any atom is -0.359 e. The second kappa shape index (κ2) is 5.14. The number of terminal acetylenes is 1. The van der Waals surface area contributed by atoms with Crippen LogP contribution in [0.5, 0.6) is 0 Å². The highest BCUT2D eigenvalue weighted by Crippen LogP contribution is 2.36. The molecule has 94 valence electrons. The molecule has 2 atom stereocenters. The number of nitrogens with zero attached hydrogens (tertiary/aromatic N) is 1. The lowest BCUT2D eigenvalue weighted by molar-refractivity contribution is -0.121. The van der Waals surface area contributed by atoms with Crippen LogP contribution in [0.4, 0.5) is 5.69 Å². The van der Waals surface area contributed by atoms with E-state index in [1.807, 2.05) is 19.1 Å². The molecule has 0 aromatic heterocycles. The number of hydrogen-bond acceptors (Lipinski definition) is 2. The number of anilines is 1. The largest absolute Gasteiger partial charge is 0.359 e. The minimum atomic E-state index is -0.190. The molecule has 3 nitrogen and oxygen atoms in total. The molecule has 0 aliphatic carbocycles. The van der Waals surface area contributed by atoms with Crippen LogP contribution in [0.25, 0.3) is 0 Å². The molecule has 0 spiro atoms. The Hall–Kier alpha value is -1.95. The van der Waals surface area contributed by atoms with E-state index in [4.69, 9.17) is 6.42 Å². The molecule has 2 rings (SSSR count). The summed E-state index contributed by atoms with van der Waals surface area (Å²) in [6, 6.07) is 8.07. The average molecular weight is 242 g/mol. The first-order chi connectivity index (χ1) is 8.65. The molecule has 1 aliphatic rings. The van der Waals surface area contributed by atoms with Gasteiger partial charge in [-0.1, -0.05) is 31.0 Å². The smallest absolute Gasteiger partial charge is 0.243 e. The summed E-state index contributed by atoms with van der Waals surface area (Å²) in [4.78, 5) is 14.1. The van der Waals surface area contributed by atoms with Gasteiger partial charge >= 0.3 is 0 Å². The van der Waals surface area contributed by atoms with Crippen molar-refractivity contribution in [2.75, 3.05) is 18.0 Å². The van der Waals surface area contributed by atoms with E-state index in [-0.39, 0.29) is 18.5 Å². The molecule has 1 N–H and O–H groups in total. The zero-order valence-electron chi connectivity index (χ0n) is 10.8. The van der Waals surface area contributed by atoms with Crippen molar-refractivity contribution in [2.24, 2.45) is 0 Å². The summed E-state index contributed by atoms with van der Waals surface area (Å²) in [7, 11) is 0. The van der Waals surface area contributed by atoms with E-state index in [1.165, 1.54) is 5.56 Å². The third-order valence-electron chi connectivity index (χ3n) is 3.46. The average Bonchev–Trinajstić information content (AvgIpc) is 2.73. The fraction of sp³-hybridized carbons (Fsp3) is 0.400. The van der Waals surface area contributed by atoms with E-state index in [0.717, 1.165) is 12.2 Å². The predicted molar refractivity (Wildman–Crippen MR) is 73.5 cm³/mol. The number of fused-ring (bicyclic) bond motifs is 1. The van der Waals surface area contributed by atoms with Gasteiger partial charge in [0, 0.05) is 18.2 Å². The molecule has 0 saturated heterocycles. The highest BCUT2D eigenvalue weighted by atomic mass is 16.2. The van der Waals surface area contributed by atoms with Crippen LogP contribution in [-0.2, 0) is 4.79 Å². The van der Waals surface area contributed by atoms with Gasteiger partial charge in [-0.15, -0.1) is 6.42 Å². The molecule has 1 aromatic rings. The number of benzene rings is 1. The van der Waals surface area contributed by atoms with Crippen molar-refractivity contribution in [3.63, 3.8) is 0 Å². The molecule has 1 aliphatic heterocycles. The highest BCUT2D eigenvalue weighted by Gasteiger charge is 2.31. The van der Waals surface area contributed by atoms with E-state index in [2.05, 4.69) is 35.2 Å². The lowest BCUT2D eigenvalue weighted by atomic mass is 10.0. The number of carbonyl (C=O) groups excluding carboxylic acids is 1. The quantitative estimate of drug-likeness (QED) is 0.819. The van der Waals surface area contributed by atoms with Crippen LogP contribution in [0.3, 0.4) is 0 Å². The van der Waals surface area contributed by atoms with Crippen LogP contribution >= 0.6 is 0 Å². The van der Waals surface area contributed by atoms with Crippen LogP contribution < -0.4 is 10.2 Å². The summed E-state index contributed by atoms with van der Waals surface area (Å²) in [5, 5.41) is 2.74. The molecule has 0 saturated carbocycles. The monoisotopic (exact) mass is 242 g/mol. The number of nitrogens with one attached hydrogen (secondary N) is 1. The zero-order valence-corrected chi connectivity index (χ0v) is 10.8. The van der Waals surface area contributed by atoms with E-state index < -0.39 is 0 Å². The van der Waals surface area contributed by atoms with Crippen LogP contribution in [0.2, 0.25) is 0 Å². The normalized spacial score (nSPS) is 18.9. The maximum Gasteiger partial charge on any atom is 0.243 e. The summed E-state index contributed by atoms with van der Waals surface area (Å²) in [6.07, 6.45) is 5.15. The van der Waals surface area contributed by atoms with Crippen LogP contribution in [0.15, 0.2) is 24.3 Å². The van der Waals surface area contributed by atoms with Crippen LogP contribution in [0, 0.1) is 12.3 Å². The van der Waals surface area contributed by atoms with E-state index in [1.54, 1.807) is 0 Å². The van der Waals surface area contributed by atoms with Crippen molar-refractivity contribution in [1.29, 1.82) is 0 Å². The Balaban J connectivity index is 2.16. The van der Waals surface area contributed by atoms with E-state index >= 15 is 0 Å². The molecular weight excluding hydrogens is 224 g/mol. The first-order valence-electron chi connectivity index (χ1n) is 6.22. The van der Waals surface area contributed by atoms with E-state index in [0.29, 0.717) is 5.92 Å². The fourth-order valence-electron chi connectivity index (χ4n) is 2.45. The van der Waals surface area contributed by atoms with Crippen molar-refractivity contribution in [3.8, 4) is 12.3 Å². The lowest BCUT2D eigenvalue weighted by Crippen LogP contribution is -2.44. The molecule has 2 unspecified atom stereocenters. The van der Waals surface area contributed by atoms with Crippen molar-refractivity contribution < 1.29 is 4.79 Å². The molecule has 18 heavy (non-hydrogen) atoms. The Morgan fingerprint density at radius 1 is 1.61 bits per heavy atom. The van der Waals surface area contributed by atoms with Gasteiger partial charge in [-0.3, -0.25) is 4.79 Å². The number of hydrogen-bond donors (Lipinski definition) is 1. The molecule has 0 bridgehead atoms. The number of rotatable bonds is 3. The molecule has 0 radical (unpaired) electrons. The van der Waals surface area contributed by atoms with Crippen molar-refractivity contribution in [3.05, 3.63) is 29.8 Å². The van der Waals surface area contributed by atoms with Gasteiger partial charge in [0.15, 0.2) is 0 Å². The Kier molecular flexibility index (Phi) is 3.57. The van der Waals surface area contributed by atoms with Crippen LogP contribution in [-0.4, -0.2) is 25.0 Å². The summed E-state index contributed by atoms with van der Waals surface area (Å²) < 4.78 is 0. The van der Waals surface area contributed by atoms with Gasteiger partial charge in [-0.2, -0.15) is 0 Å². The Labute approximate surface area is 108 Å². The summed E-state index contributed by atoms with van der Waals surface area (Å²) in [5.74, 6) is 2.87. The SMILES string of the molecule is C#CCNC(=O)C(C)N1CC(C)c2ccccc21. The second-order valence-corrected chi connectivity index (χ2v) is 4.71. The van der Waals surface area contributed by atoms with Crippen molar-refractivity contribution in [2.45, 2.75) is 25.8 Å². The predicted octanol–water partition coefficient (Wildman–Crippen LogP) is 1.75. The topological polar surface area (TPSA) is 32.3 Å². The van der Waals surface area contributed by atoms with Gasteiger partial charge in [0.05, 0.1) is 6.54 Å². The molecule has 0 fully saturated rings. The Bertz CT molecular complexity index is 490. The second-order valence-electron chi connectivity index (χ2n) is 4.71. The number of carbonyl (C=O) groups is 1. The molecule has 1 heterocycles. The fourth-order valence-corrected chi connectivity index (χ4v) is 2.45. The van der Waals surface area contributed by atoms with Gasteiger partial charge in [0.25, 0.3) is 0 Å².